The van der Waals surface area contributed by atoms with E-state index in [9.17, 15) is 5.11 Å². The number of aliphatic hydroxyl groups excluding tert-OH is 1. The summed E-state index contributed by atoms with van der Waals surface area (Å²) in [4.78, 5) is 4.62. The molecule has 0 spiro atoms. The number of hydrogen-bond acceptors (Lipinski definition) is 3. The maximum absolute atomic E-state index is 9.60. The van der Waals surface area contributed by atoms with Crippen molar-refractivity contribution in [1.29, 1.82) is 0 Å². The zero-order valence-corrected chi connectivity index (χ0v) is 15.2. The molecule has 1 aromatic carbocycles. The molecular weight excluding hydrogens is 326 g/mol. The maximum Gasteiger partial charge on any atom is 0.191 e. The highest BCUT2D eigenvalue weighted by molar-refractivity contribution is 6.32. The van der Waals surface area contributed by atoms with Gasteiger partial charge in [-0.05, 0) is 51.7 Å². The molecule has 24 heavy (non-hydrogen) atoms. The predicted molar refractivity (Wildman–Crippen MR) is 98.9 cm³/mol. The van der Waals surface area contributed by atoms with E-state index < -0.39 is 0 Å². The lowest BCUT2D eigenvalue weighted by atomic mass is 9.93. The van der Waals surface area contributed by atoms with Crippen molar-refractivity contribution in [2.24, 2.45) is 4.99 Å². The third-order valence-electron chi connectivity index (χ3n) is 4.05. The Balaban J connectivity index is 1.86. The number of ether oxygens (including phenoxy) is 1. The van der Waals surface area contributed by atoms with E-state index in [-0.39, 0.29) is 12.2 Å². The smallest absolute Gasteiger partial charge is 0.191 e. The molecule has 1 aliphatic rings. The van der Waals surface area contributed by atoms with Crippen molar-refractivity contribution >= 4 is 17.6 Å². The van der Waals surface area contributed by atoms with Crippen LogP contribution in [-0.2, 0) is 0 Å². The Bertz CT molecular complexity index is 531. The molecular formula is C18H28ClN3O2. The molecule has 3 N–H and O–H groups in total. The van der Waals surface area contributed by atoms with E-state index in [0.29, 0.717) is 23.4 Å². The van der Waals surface area contributed by atoms with Crippen LogP contribution in [0.25, 0.3) is 0 Å². The first kappa shape index (κ1) is 18.9. The van der Waals surface area contributed by atoms with Crippen molar-refractivity contribution in [2.75, 3.05) is 13.1 Å². The molecule has 1 unspecified atom stereocenters. The molecule has 2 rings (SSSR count). The van der Waals surface area contributed by atoms with Crippen LogP contribution in [0.1, 0.15) is 39.5 Å². The Morgan fingerprint density at radius 1 is 1.33 bits per heavy atom. The van der Waals surface area contributed by atoms with Gasteiger partial charge in [-0.2, -0.15) is 0 Å². The van der Waals surface area contributed by atoms with Gasteiger partial charge in [-0.1, -0.05) is 23.7 Å². The topological polar surface area (TPSA) is 65.9 Å². The minimum atomic E-state index is -0.147. The van der Waals surface area contributed by atoms with Gasteiger partial charge in [-0.15, -0.1) is 0 Å². The lowest BCUT2D eigenvalue weighted by Crippen LogP contribution is -2.45. The summed E-state index contributed by atoms with van der Waals surface area (Å²) in [5, 5.41) is 16.9. The summed E-state index contributed by atoms with van der Waals surface area (Å²) in [7, 11) is 0. The number of benzene rings is 1. The largest absolute Gasteiger partial charge is 0.487 e. The van der Waals surface area contributed by atoms with Crippen LogP contribution in [0.5, 0.6) is 5.75 Å². The normalized spacial score (nSPS) is 22.8. The van der Waals surface area contributed by atoms with Crippen LogP contribution >= 0.6 is 11.6 Å². The average Bonchev–Trinajstić information content (AvgIpc) is 2.57. The summed E-state index contributed by atoms with van der Waals surface area (Å²) in [6.45, 7) is 5.37. The van der Waals surface area contributed by atoms with E-state index in [0.717, 1.165) is 38.2 Å². The number of aliphatic imine (C=N–C) groups is 1. The summed E-state index contributed by atoms with van der Waals surface area (Å²) in [6, 6.07) is 7.83. The molecule has 0 amide bonds. The zero-order valence-electron chi connectivity index (χ0n) is 14.5. The minimum absolute atomic E-state index is 0.0754. The molecule has 1 aromatic rings. The van der Waals surface area contributed by atoms with Gasteiger partial charge >= 0.3 is 0 Å². The third kappa shape index (κ3) is 6.21. The first-order valence-corrected chi connectivity index (χ1v) is 9.10. The van der Waals surface area contributed by atoms with E-state index in [4.69, 9.17) is 16.3 Å². The number of hydrogen-bond donors (Lipinski definition) is 3. The van der Waals surface area contributed by atoms with Crippen LogP contribution in [0.2, 0.25) is 5.02 Å². The fourth-order valence-corrected chi connectivity index (χ4v) is 2.93. The van der Waals surface area contributed by atoms with Crippen molar-refractivity contribution in [2.45, 2.75) is 57.8 Å². The lowest BCUT2D eigenvalue weighted by molar-refractivity contribution is 0.120. The molecule has 1 saturated carbocycles. The Kier molecular flexibility index (Phi) is 7.66. The molecule has 5 nitrogen and oxygen atoms in total. The molecule has 0 heterocycles. The third-order valence-corrected chi connectivity index (χ3v) is 4.37. The molecule has 0 saturated heterocycles. The molecule has 0 radical (unpaired) electrons. The molecule has 1 fully saturated rings. The van der Waals surface area contributed by atoms with E-state index in [2.05, 4.69) is 15.6 Å². The Morgan fingerprint density at radius 3 is 2.71 bits per heavy atom. The molecule has 1 atom stereocenters. The quantitative estimate of drug-likeness (QED) is 0.543. The monoisotopic (exact) mass is 353 g/mol. The Labute approximate surface area is 149 Å². The van der Waals surface area contributed by atoms with Gasteiger partial charge in [-0.25, -0.2) is 4.99 Å². The number of rotatable bonds is 6. The van der Waals surface area contributed by atoms with Gasteiger partial charge in [0.25, 0.3) is 0 Å². The van der Waals surface area contributed by atoms with Crippen molar-refractivity contribution in [3.63, 3.8) is 0 Å². The van der Waals surface area contributed by atoms with Crippen LogP contribution in [0.15, 0.2) is 29.3 Å². The standard InChI is InChI=1S/C18H28ClN3O2/c1-3-20-18(22-14-8-10-15(23)11-9-14)21-12-13(2)24-17-7-5-4-6-16(17)19/h4-7,13-15,23H,3,8-12H2,1-2H3,(H2,20,21,22). The maximum atomic E-state index is 9.60. The summed E-state index contributed by atoms with van der Waals surface area (Å²) in [6.07, 6.45) is 3.42. The van der Waals surface area contributed by atoms with Gasteiger partial charge in [0.05, 0.1) is 17.7 Å². The number of halogens is 1. The summed E-state index contributed by atoms with van der Waals surface area (Å²) < 4.78 is 5.85. The summed E-state index contributed by atoms with van der Waals surface area (Å²) in [5.41, 5.74) is 0. The van der Waals surface area contributed by atoms with E-state index in [1.165, 1.54) is 0 Å². The van der Waals surface area contributed by atoms with Crippen molar-refractivity contribution < 1.29 is 9.84 Å². The lowest BCUT2D eigenvalue weighted by Gasteiger charge is -2.27. The van der Waals surface area contributed by atoms with Crippen molar-refractivity contribution in [3.8, 4) is 5.75 Å². The number of para-hydroxylation sites is 1. The number of nitrogens with one attached hydrogen (secondary N) is 2. The number of aliphatic hydroxyl groups is 1. The van der Waals surface area contributed by atoms with Crippen LogP contribution in [-0.4, -0.2) is 42.4 Å². The average molecular weight is 354 g/mol. The van der Waals surface area contributed by atoms with Crippen LogP contribution in [0, 0.1) is 0 Å². The first-order chi connectivity index (χ1) is 11.6. The molecule has 6 heteroatoms. The van der Waals surface area contributed by atoms with E-state index >= 15 is 0 Å². The number of nitrogens with zero attached hydrogens (tertiary/aromatic N) is 1. The van der Waals surface area contributed by atoms with Crippen LogP contribution in [0.3, 0.4) is 0 Å². The van der Waals surface area contributed by atoms with Crippen molar-refractivity contribution in [3.05, 3.63) is 29.3 Å². The van der Waals surface area contributed by atoms with Gasteiger partial charge < -0.3 is 20.5 Å². The highest BCUT2D eigenvalue weighted by Gasteiger charge is 2.20. The molecule has 0 aliphatic heterocycles. The highest BCUT2D eigenvalue weighted by Crippen LogP contribution is 2.24. The zero-order chi connectivity index (χ0) is 17.4. The van der Waals surface area contributed by atoms with E-state index in [1.807, 2.05) is 38.1 Å². The van der Waals surface area contributed by atoms with Gasteiger partial charge in [0.15, 0.2) is 5.96 Å². The fraction of sp³-hybridized carbons (Fsp3) is 0.611. The van der Waals surface area contributed by atoms with Gasteiger partial charge in [-0.3, -0.25) is 0 Å². The van der Waals surface area contributed by atoms with Crippen molar-refractivity contribution in [1.82, 2.24) is 10.6 Å². The van der Waals surface area contributed by atoms with Crippen LogP contribution < -0.4 is 15.4 Å². The van der Waals surface area contributed by atoms with Crippen LogP contribution in [0.4, 0.5) is 0 Å². The molecule has 0 bridgehead atoms. The second-order valence-electron chi connectivity index (χ2n) is 6.23. The second kappa shape index (κ2) is 9.74. The van der Waals surface area contributed by atoms with E-state index in [1.54, 1.807) is 0 Å². The Hall–Kier alpha value is -1.46. The predicted octanol–water partition coefficient (Wildman–Crippen LogP) is 2.97. The molecule has 0 aromatic heterocycles. The van der Waals surface area contributed by atoms with Gasteiger partial charge in [0.2, 0.25) is 0 Å². The second-order valence-corrected chi connectivity index (χ2v) is 6.64. The molecule has 134 valence electrons. The first-order valence-electron chi connectivity index (χ1n) is 8.72. The summed E-state index contributed by atoms with van der Waals surface area (Å²) >= 11 is 6.12. The summed E-state index contributed by atoms with van der Waals surface area (Å²) in [5.74, 6) is 1.48. The van der Waals surface area contributed by atoms with Gasteiger partial charge in [0.1, 0.15) is 11.9 Å². The fourth-order valence-electron chi connectivity index (χ4n) is 2.75. The minimum Gasteiger partial charge on any atom is -0.487 e. The number of guanidine groups is 1. The SMILES string of the molecule is CCNC(=NCC(C)Oc1ccccc1Cl)NC1CCC(O)CC1. The Morgan fingerprint density at radius 2 is 2.04 bits per heavy atom. The highest BCUT2D eigenvalue weighted by atomic mass is 35.5. The van der Waals surface area contributed by atoms with Gasteiger partial charge in [0, 0.05) is 12.6 Å². The molecule has 1 aliphatic carbocycles.